The molecule has 2 N–H and O–H groups in total. The van der Waals surface area contributed by atoms with Crippen LogP contribution in [0.2, 0.25) is 0 Å². The van der Waals surface area contributed by atoms with E-state index in [2.05, 4.69) is 17.2 Å². The van der Waals surface area contributed by atoms with Gasteiger partial charge in [-0.15, -0.1) is 0 Å². The van der Waals surface area contributed by atoms with Crippen LogP contribution in [0.15, 0.2) is 18.3 Å². The molecule has 0 aromatic carbocycles. The summed E-state index contributed by atoms with van der Waals surface area (Å²) in [5.41, 5.74) is 1.84. The van der Waals surface area contributed by atoms with Crippen LogP contribution >= 0.6 is 0 Å². The second-order valence-corrected chi connectivity index (χ2v) is 7.21. The molecule has 2 heterocycles. The molecule has 6 nitrogen and oxygen atoms in total. The number of fused-ring (bicyclic) bond motifs is 1. The van der Waals surface area contributed by atoms with Gasteiger partial charge in [-0.25, -0.2) is 4.98 Å². The van der Waals surface area contributed by atoms with Crippen molar-refractivity contribution < 1.29 is 14.6 Å². The van der Waals surface area contributed by atoms with Crippen LogP contribution in [0.5, 0.6) is 5.75 Å². The molecule has 3 rings (SSSR count). The number of aliphatic hydroxyl groups excluding tert-OH is 1. The molecular formula is C20H29N3O3. The van der Waals surface area contributed by atoms with Crippen molar-refractivity contribution in [2.45, 2.75) is 58.4 Å². The number of hydrogen-bond acceptors (Lipinski definition) is 4. The van der Waals surface area contributed by atoms with Gasteiger partial charge in [-0.2, -0.15) is 0 Å². The number of aliphatic hydroxyl groups is 1. The highest BCUT2D eigenvalue weighted by atomic mass is 16.5. The summed E-state index contributed by atoms with van der Waals surface area (Å²) in [4.78, 5) is 17.3. The van der Waals surface area contributed by atoms with Crippen LogP contribution in [-0.2, 0) is 0 Å². The highest BCUT2D eigenvalue weighted by Gasteiger charge is 2.22. The molecule has 1 aliphatic carbocycles. The first-order valence-electron chi connectivity index (χ1n) is 9.66. The summed E-state index contributed by atoms with van der Waals surface area (Å²) in [5, 5.41) is 12.5. The summed E-state index contributed by atoms with van der Waals surface area (Å²) in [5.74, 6) is 1.14. The van der Waals surface area contributed by atoms with Crippen molar-refractivity contribution in [2.24, 2.45) is 5.92 Å². The van der Waals surface area contributed by atoms with E-state index in [0.29, 0.717) is 35.3 Å². The Morgan fingerprint density at radius 3 is 2.96 bits per heavy atom. The molecule has 0 bridgehead atoms. The Balaban J connectivity index is 1.79. The number of aromatic nitrogens is 2. The maximum atomic E-state index is 12.8. The number of rotatable bonds is 9. The van der Waals surface area contributed by atoms with Gasteiger partial charge in [-0.1, -0.05) is 26.2 Å². The molecule has 1 aliphatic rings. The fourth-order valence-electron chi connectivity index (χ4n) is 3.32. The SMILES string of the molecule is CCCCC(CO)NC(=O)c1c(C)nc2c(OCC3CCC3)cccn12. The third kappa shape index (κ3) is 4.01. The number of amides is 1. The van der Waals surface area contributed by atoms with Gasteiger partial charge in [0.15, 0.2) is 11.4 Å². The molecular weight excluding hydrogens is 330 g/mol. The van der Waals surface area contributed by atoms with Crippen LogP contribution in [0, 0.1) is 12.8 Å². The molecule has 1 fully saturated rings. The third-order valence-electron chi connectivity index (χ3n) is 5.16. The molecule has 2 aromatic heterocycles. The van der Waals surface area contributed by atoms with Gasteiger partial charge >= 0.3 is 0 Å². The summed E-state index contributed by atoms with van der Waals surface area (Å²) in [7, 11) is 0. The molecule has 0 radical (unpaired) electrons. The van der Waals surface area contributed by atoms with E-state index in [-0.39, 0.29) is 18.6 Å². The van der Waals surface area contributed by atoms with Crippen molar-refractivity contribution in [1.29, 1.82) is 0 Å². The molecule has 2 aromatic rings. The van der Waals surface area contributed by atoms with E-state index in [1.165, 1.54) is 19.3 Å². The molecule has 1 amide bonds. The topological polar surface area (TPSA) is 75.9 Å². The fourth-order valence-corrected chi connectivity index (χ4v) is 3.32. The largest absolute Gasteiger partial charge is 0.489 e. The number of hydrogen-bond donors (Lipinski definition) is 2. The van der Waals surface area contributed by atoms with Gasteiger partial charge in [0.2, 0.25) is 0 Å². The number of carbonyl (C=O) groups excluding carboxylic acids is 1. The van der Waals surface area contributed by atoms with Gasteiger partial charge in [0.1, 0.15) is 5.69 Å². The summed E-state index contributed by atoms with van der Waals surface area (Å²) < 4.78 is 7.76. The Hall–Kier alpha value is -2.08. The smallest absolute Gasteiger partial charge is 0.270 e. The Bertz CT molecular complexity index is 752. The first kappa shape index (κ1) is 18.7. The Morgan fingerprint density at radius 2 is 2.31 bits per heavy atom. The average Bonchev–Trinajstić information content (AvgIpc) is 2.93. The zero-order chi connectivity index (χ0) is 18.5. The minimum Gasteiger partial charge on any atom is -0.489 e. The summed E-state index contributed by atoms with van der Waals surface area (Å²) in [6, 6.07) is 3.55. The Kier molecular flexibility index (Phi) is 6.14. The summed E-state index contributed by atoms with van der Waals surface area (Å²) in [6.45, 7) is 4.57. The quantitative estimate of drug-likeness (QED) is 0.721. The highest BCUT2D eigenvalue weighted by molar-refractivity contribution is 5.95. The third-order valence-corrected chi connectivity index (χ3v) is 5.16. The number of carbonyl (C=O) groups is 1. The van der Waals surface area contributed by atoms with Crippen LogP contribution in [0.4, 0.5) is 0 Å². The molecule has 1 atom stereocenters. The van der Waals surface area contributed by atoms with Gasteiger partial charge in [-0.3, -0.25) is 9.20 Å². The predicted molar refractivity (Wildman–Crippen MR) is 101 cm³/mol. The molecule has 0 aliphatic heterocycles. The second kappa shape index (κ2) is 8.54. The van der Waals surface area contributed by atoms with Crippen LogP contribution in [0.3, 0.4) is 0 Å². The van der Waals surface area contributed by atoms with Crippen LogP contribution in [-0.4, -0.2) is 39.7 Å². The fraction of sp³-hybridized carbons (Fsp3) is 0.600. The first-order valence-corrected chi connectivity index (χ1v) is 9.66. The van der Waals surface area contributed by atoms with E-state index >= 15 is 0 Å². The number of ether oxygens (including phenoxy) is 1. The monoisotopic (exact) mass is 359 g/mol. The lowest BCUT2D eigenvalue weighted by Crippen LogP contribution is -2.38. The van der Waals surface area contributed by atoms with Crippen LogP contribution in [0.1, 0.15) is 61.6 Å². The second-order valence-electron chi connectivity index (χ2n) is 7.21. The minimum atomic E-state index is -0.231. The van der Waals surface area contributed by atoms with Gasteiger partial charge in [0, 0.05) is 6.20 Å². The number of imidazole rings is 1. The lowest BCUT2D eigenvalue weighted by Gasteiger charge is -2.25. The maximum absolute atomic E-state index is 12.8. The average molecular weight is 359 g/mol. The molecule has 6 heteroatoms. The van der Waals surface area contributed by atoms with E-state index < -0.39 is 0 Å². The van der Waals surface area contributed by atoms with Crippen molar-refractivity contribution in [1.82, 2.24) is 14.7 Å². The van der Waals surface area contributed by atoms with Crippen molar-refractivity contribution in [3.05, 3.63) is 29.7 Å². The first-order chi connectivity index (χ1) is 12.6. The number of unbranched alkanes of at least 4 members (excludes halogenated alkanes) is 1. The highest BCUT2D eigenvalue weighted by Crippen LogP contribution is 2.28. The lowest BCUT2D eigenvalue weighted by atomic mass is 9.86. The van der Waals surface area contributed by atoms with Gasteiger partial charge in [-0.05, 0) is 44.2 Å². The van der Waals surface area contributed by atoms with E-state index in [1.54, 1.807) is 4.40 Å². The molecule has 1 unspecified atom stereocenters. The van der Waals surface area contributed by atoms with Crippen LogP contribution in [0.25, 0.3) is 5.65 Å². The van der Waals surface area contributed by atoms with E-state index in [1.807, 2.05) is 25.3 Å². The Morgan fingerprint density at radius 1 is 1.50 bits per heavy atom. The van der Waals surface area contributed by atoms with Gasteiger partial charge < -0.3 is 15.2 Å². The molecule has 142 valence electrons. The Labute approximate surface area is 154 Å². The van der Waals surface area contributed by atoms with E-state index in [0.717, 1.165) is 19.3 Å². The van der Waals surface area contributed by atoms with Crippen LogP contribution < -0.4 is 10.1 Å². The van der Waals surface area contributed by atoms with E-state index in [4.69, 9.17) is 4.74 Å². The zero-order valence-electron chi connectivity index (χ0n) is 15.7. The predicted octanol–water partition coefficient (Wildman–Crippen LogP) is 3.10. The van der Waals surface area contributed by atoms with Gasteiger partial charge in [0.25, 0.3) is 5.91 Å². The van der Waals surface area contributed by atoms with E-state index in [9.17, 15) is 9.90 Å². The summed E-state index contributed by atoms with van der Waals surface area (Å²) >= 11 is 0. The number of pyridine rings is 1. The molecule has 0 spiro atoms. The van der Waals surface area contributed by atoms with Gasteiger partial charge in [0.05, 0.1) is 24.9 Å². The summed E-state index contributed by atoms with van der Waals surface area (Å²) in [6.07, 6.45) is 8.34. The number of aryl methyl sites for hydroxylation is 1. The lowest BCUT2D eigenvalue weighted by molar-refractivity contribution is 0.0905. The maximum Gasteiger partial charge on any atom is 0.270 e. The van der Waals surface area contributed by atoms with Crippen molar-refractivity contribution in [3.8, 4) is 5.75 Å². The zero-order valence-corrected chi connectivity index (χ0v) is 15.7. The number of nitrogens with one attached hydrogen (secondary N) is 1. The van der Waals surface area contributed by atoms with Crippen molar-refractivity contribution in [2.75, 3.05) is 13.2 Å². The minimum absolute atomic E-state index is 0.0583. The number of nitrogens with zero attached hydrogens (tertiary/aromatic N) is 2. The molecule has 1 saturated carbocycles. The van der Waals surface area contributed by atoms with Crippen molar-refractivity contribution in [3.63, 3.8) is 0 Å². The normalized spacial score (nSPS) is 15.7. The molecule has 0 saturated heterocycles. The molecule has 26 heavy (non-hydrogen) atoms. The van der Waals surface area contributed by atoms with Crippen molar-refractivity contribution >= 4 is 11.6 Å². The standard InChI is InChI=1S/C20H29N3O3/c1-3-4-9-16(12-24)22-20(25)18-14(2)21-19-17(10-6-11-23(18)19)26-13-15-7-5-8-15/h6,10-11,15-16,24H,3-5,7-9,12-13H2,1-2H3,(H,22,25).